The van der Waals surface area contributed by atoms with Crippen LogP contribution < -0.4 is 11.1 Å². The van der Waals surface area contributed by atoms with Crippen LogP contribution in [0.2, 0.25) is 0 Å². The van der Waals surface area contributed by atoms with Gasteiger partial charge in [0.1, 0.15) is 18.3 Å². The van der Waals surface area contributed by atoms with E-state index in [1.54, 1.807) is 0 Å². The van der Waals surface area contributed by atoms with Crippen LogP contribution in [0, 0.1) is 4.77 Å². The fraction of sp³-hybridized carbons (Fsp3) is 0.600. The predicted molar refractivity (Wildman–Crippen MR) is 76.1 cm³/mol. The molecule has 0 bridgehead atoms. The number of aromatic amines is 1. The molecular weight excluding hydrogens is 378 g/mol. The first-order chi connectivity index (χ1) is 11.0. The van der Waals surface area contributed by atoms with E-state index in [-0.39, 0.29) is 0 Å². The molecule has 2 rings (SSSR count). The lowest BCUT2D eigenvalue weighted by atomic mass is 10.0. The summed E-state index contributed by atoms with van der Waals surface area (Å²) in [5, 5.41) is 19.9. The highest BCUT2D eigenvalue weighted by atomic mass is 32.1. The van der Waals surface area contributed by atoms with E-state index in [1.165, 1.54) is 0 Å². The van der Waals surface area contributed by atoms with Gasteiger partial charge in [-0.05, 0) is 12.2 Å². The maximum absolute atomic E-state index is 13.7. The van der Waals surface area contributed by atoms with Gasteiger partial charge in [-0.2, -0.15) is 13.2 Å². The van der Waals surface area contributed by atoms with Crippen molar-refractivity contribution in [2.45, 2.75) is 30.2 Å². The average Bonchev–Trinajstić information content (AvgIpc) is 2.70. The number of ether oxygens (including phenoxy) is 1. The molecule has 1 fully saturated rings. The Labute approximate surface area is 138 Å². The Morgan fingerprint density at radius 2 is 2.17 bits per heavy atom. The fourth-order valence-electron chi connectivity index (χ4n) is 2.34. The van der Waals surface area contributed by atoms with Crippen molar-refractivity contribution >= 4 is 20.7 Å². The average molecular weight is 391 g/mol. The van der Waals surface area contributed by atoms with Crippen molar-refractivity contribution in [2.24, 2.45) is 5.50 Å². The zero-order valence-electron chi connectivity index (χ0n) is 11.7. The minimum Gasteiger partial charge on any atom is -0.387 e. The summed E-state index contributed by atoms with van der Waals surface area (Å²) in [5.41, 5.74) is 0.767. The largest absolute Gasteiger partial charge is 0.440 e. The predicted octanol–water partition coefficient (Wildman–Crippen LogP) is -0.564. The Kier molecular flexibility index (Phi) is 5.47. The van der Waals surface area contributed by atoms with Gasteiger partial charge in [-0.15, -0.1) is 0 Å². The van der Waals surface area contributed by atoms with Gasteiger partial charge in [0.05, 0.1) is 6.61 Å². The molecule has 14 heteroatoms. The summed E-state index contributed by atoms with van der Waals surface area (Å²) >= 11 is 4.70. The number of nitrogens with two attached hydrogens (primary N) is 1. The summed E-state index contributed by atoms with van der Waals surface area (Å²) in [6.07, 6.45) is -10.7. The van der Waals surface area contributed by atoms with Gasteiger partial charge in [0.15, 0.2) is 4.77 Å². The monoisotopic (exact) mass is 391 g/mol. The zero-order chi connectivity index (χ0) is 18.3. The van der Waals surface area contributed by atoms with E-state index in [1.807, 2.05) is 4.98 Å². The van der Waals surface area contributed by atoms with Crippen molar-refractivity contribution in [3.8, 4) is 0 Å². The second-order valence-electron chi connectivity index (χ2n) is 4.86. The van der Waals surface area contributed by atoms with E-state index in [9.17, 15) is 28.2 Å². The van der Waals surface area contributed by atoms with Crippen LogP contribution in [0.5, 0.6) is 0 Å². The Bertz CT molecular complexity index is 712. The van der Waals surface area contributed by atoms with Crippen LogP contribution in [0.3, 0.4) is 0 Å². The molecule has 1 saturated heterocycles. The van der Waals surface area contributed by atoms with Gasteiger partial charge in [-0.1, -0.05) is 0 Å². The SMILES string of the molecule is NP(O)OC[C@H]1O[C@](n2ccc(=O)[nH]c2=S)(C(F)(F)F)[C@H](O)[C@@H]1O. The first kappa shape index (κ1) is 19.4. The fourth-order valence-corrected chi connectivity index (χ4v) is 2.93. The van der Waals surface area contributed by atoms with Gasteiger partial charge in [0.25, 0.3) is 11.3 Å². The van der Waals surface area contributed by atoms with E-state index in [0.717, 1.165) is 6.07 Å². The molecule has 0 radical (unpaired) electrons. The third kappa shape index (κ3) is 3.26. The first-order valence-electron chi connectivity index (χ1n) is 6.30. The number of H-pyrrole nitrogens is 1. The summed E-state index contributed by atoms with van der Waals surface area (Å²) in [7, 11) is -2.40. The normalized spacial score (nSPS) is 32.0. The van der Waals surface area contributed by atoms with Crippen LogP contribution in [-0.4, -0.2) is 55.8 Å². The molecular formula is C10H13F3N3O6PS. The zero-order valence-corrected chi connectivity index (χ0v) is 13.4. The van der Waals surface area contributed by atoms with Gasteiger partial charge in [0.2, 0.25) is 8.53 Å². The molecule has 1 aromatic rings. The highest BCUT2D eigenvalue weighted by molar-refractivity contribution is 7.71. The summed E-state index contributed by atoms with van der Waals surface area (Å²) < 4.78 is 50.2. The standard InChI is InChI=1S/C10H13F3N3O6PS/c11-10(12,13)9(16-2-1-5(17)15-8(16)24)7(19)6(18)4(22-9)3-21-23(14)20/h1-2,4,6-7,18-20H,3,14H2,(H,15,17,24)/t4-,6-,7-,9+,23?/m1/s1. The third-order valence-corrected chi connectivity index (χ3v) is 4.11. The molecule has 6 N–H and O–H groups in total. The van der Waals surface area contributed by atoms with Gasteiger partial charge in [-0.25, -0.2) is 0 Å². The van der Waals surface area contributed by atoms with E-state index < -0.39 is 55.7 Å². The molecule has 0 saturated carbocycles. The molecule has 0 aliphatic carbocycles. The van der Waals surface area contributed by atoms with Crippen LogP contribution >= 0.6 is 20.7 Å². The maximum Gasteiger partial charge on any atom is 0.440 e. The van der Waals surface area contributed by atoms with E-state index in [0.29, 0.717) is 10.8 Å². The van der Waals surface area contributed by atoms with Crippen LogP contribution in [0.25, 0.3) is 0 Å². The minimum atomic E-state index is -5.22. The molecule has 136 valence electrons. The number of halogens is 3. The van der Waals surface area contributed by atoms with Crippen LogP contribution in [0.1, 0.15) is 0 Å². The number of hydrogen-bond donors (Lipinski definition) is 5. The molecule has 2 heterocycles. The minimum absolute atomic E-state index is 0.293. The molecule has 1 aliphatic heterocycles. The summed E-state index contributed by atoms with van der Waals surface area (Å²) in [6.45, 7) is -0.703. The van der Waals surface area contributed by atoms with E-state index in [2.05, 4.69) is 4.52 Å². The van der Waals surface area contributed by atoms with Gasteiger partial charge >= 0.3 is 6.18 Å². The quantitative estimate of drug-likeness (QED) is 0.339. The van der Waals surface area contributed by atoms with Crippen LogP contribution in [0.4, 0.5) is 13.2 Å². The van der Waals surface area contributed by atoms with Crippen molar-refractivity contribution in [1.82, 2.24) is 9.55 Å². The number of nitrogens with zero attached hydrogens (tertiary/aromatic N) is 1. The number of aromatic nitrogens is 2. The van der Waals surface area contributed by atoms with E-state index >= 15 is 0 Å². The Morgan fingerprint density at radius 3 is 2.67 bits per heavy atom. The molecule has 0 amide bonds. The number of aliphatic hydroxyl groups is 2. The number of aliphatic hydroxyl groups excluding tert-OH is 2. The van der Waals surface area contributed by atoms with E-state index in [4.69, 9.17) is 27.4 Å². The second-order valence-corrected chi connectivity index (χ2v) is 6.11. The topological polar surface area (TPSA) is 143 Å². The molecule has 0 aromatic carbocycles. The Morgan fingerprint density at radius 1 is 1.54 bits per heavy atom. The van der Waals surface area contributed by atoms with Gasteiger partial charge in [-0.3, -0.25) is 19.8 Å². The maximum atomic E-state index is 13.7. The summed E-state index contributed by atoms with van der Waals surface area (Å²) in [6, 6.07) is 0.752. The van der Waals surface area contributed by atoms with Crippen molar-refractivity contribution in [2.75, 3.05) is 6.61 Å². The second kappa shape index (κ2) is 6.77. The summed E-state index contributed by atoms with van der Waals surface area (Å²) in [4.78, 5) is 22.0. The van der Waals surface area contributed by atoms with Gasteiger partial charge < -0.3 is 24.4 Å². The lowest BCUT2D eigenvalue weighted by Crippen LogP contribution is -2.56. The molecule has 1 aliphatic rings. The lowest BCUT2D eigenvalue weighted by Gasteiger charge is -2.35. The van der Waals surface area contributed by atoms with Crippen molar-refractivity contribution in [1.29, 1.82) is 0 Å². The van der Waals surface area contributed by atoms with Crippen molar-refractivity contribution in [3.63, 3.8) is 0 Å². The first-order valence-corrected chi connectivity index (χ1v) is 7.99. The van der Waals surface area contributed by atoms with Crippen LogP contribution in [-0.2, 0) is 15.0 Å². The summed E-state index contributed by atoms with van der Waals surface area (Å²) in [5.74, 6) is 0. The Balaban J connectivity index is 2.53. The van der Waals surface area contributed by atoms with Gasteiger partial charge in [0, 0.05) is 12.3 Å². The highest BCUT2D eigenvalue weighted by Crippen LogP contribution is 2.47. The highest BCUT2D eigenvalue weighted by Gasteiger charge is 2.70. The molecule has 9 nitrogen and oxygen atoms in total. The Hall–Kier alpha value is -0.920. The number of nitrogens with one attached hydrogen (secondary N) is 1. The number of hydrogen-bond acceptors (Lipinski definition) is 8. The van der Waals surface area contributed by atoms with Crippen molar-refractivity contribution in [3.05, 3.63) is 27.4 Å². The smallest absolute Gasteiger partial charge is 0.387 e. The lowest BCUT2D eigenvalue weighted by molar-refractivity contribution is -0.332. The molecule has 1 aromatic heterocycles. The van der Waals surface area contributed by atoms with Crippen molar-refractivity contribution < 1.29 is 37.5 Å². The van der Waals surface area contributed by atoms with Crippen LogP contribution in [0.15, 0.2) is 17.1 Å². The molecule has 24 heavy (non-hydrogen) atoms. The third-order valence-electron chi connectivity index (χ3n) is 3.40. The number of rotatable bonds is 4. The molecule has 5 atom stereocenters. The number of alkyl halides is 3. The molecule has 1 unspecified atom stereocenters. The molecule has 0 spiro atoms.